The lowest BCUT2D eigenvalue weighted by atomic mass is 10.0. The van der Waals surface area contributed by atoms with E-state index in [1.54, 1.807) is 20.8 Å². The number of rotatable bonds is 27. The Bertz CT molecular complexity index is 632. The first kappa shape index (κ1) is 37.1. The van der Waals surface area contributed by atoms with Gasteiger partial charge in [0.1, 0.15) is 0 Å². The zero-order valence-electron chi connectivity index (χ0n) is 25.5. The number of carboxylic acids is 3. The van der Waals surface area contributed by atoms with E-state index in [-0.39, 0.29) is 0 Å². The maximum Gasteiger partial charge on any atom is 0.306 e. The maximum absolute atomic E-state index is 11.5. The number of aliphatic carboxylic acids is 3. The van der Waals surface area contributed by atoms with E-state index >= 15 is 0 Å². The maximum atomic E-state index is 11.5. The molecule has 0 spiro atoms. The first-order valence-electron chi connectivity index (χ1n) is 15.7. The van der Waals surface area contributed by atoms with Crippen molar-refractivity contribution in [3.8, 4) is 0 Å². The Labute approximate surface area is 238 Å². The number of carbonyl (C=O) groups excluding carboxylic acids is 1. The minimum absolute atomic E-state index is 0.444. The summed E-state index contributed by atoms with van der Waals surface area (Å²) in [4.78, 5) is 34.3. The molecule has 0 aromatic carbocycles. The van der Waals surface area contributed by atoms with Crippen molar-refractivity contribution >= 4 is 17.9 Å². The van der Waals surface area contributed by atoms with Gasteiger partial charge in [-0.05, 0) is 38.5 Å². The van der Waals surface area contributed by atoms with Gasteiger partial charge >= 0.3 is 11.9 Å². The molecule has 2 N–H and O–H groups in total. The fourth-order valence-corrected chi connectivity index (χ4v) is 4.96. The molecular weight excluding hydrogens is 494 g/mol. The van der Waals surface area contributed by atoms with Gasteiger partial charge in [0.2, 0.25) is 0 Å². The standard InChI is InChI=1S/C32H59NO6/c1-5-6-7-8-9-10-11-12-13-14-15-16-17-18-19-23-33(24-20-27(2)30(34)35,25-21-28(3)31(36)37)26-22-29(4)32(38)39/h9-10,27-29H,5-8,11-26H2,1-4H3,(H2-,34,35,36,37,38,39)/b10-9+. The number of carbonyl (C=O) groups is 3. The highest BCUT2D eigenvalue weighted by Crippen LogP contribution is 2.22. The number of carboxylic acid groups (broad SMARTS) is 3. The zero-order chi connectivity index (χ0) is 29.5. The van der Waals surface area contributed by atoms with Crippen molar-refractivity contribution in [3.05, 3.63) is 12.2 Å². The van der Waals surface area contributed by atoms with Crippen LogP contribution in [-0.4, -0.2) is 58.8 Å². The Kier molecular flexibility index (Phi) is 21.8. The molecule has 0 heterocycles. The van der Waals surface area contributed by atoms with E-state index in [1.807, 2.05) is 0 Å². The van der Waals surface area contributed by atoms with Crippen LogP contribution in [0, 0.1) is 17.8 Å². The molecule has 0 bridgehead atoms. The minimum Gasteiger partial charge on any atom is -0.550 e. The molecule has 0 amide bonds. The lowest BCUT2D eigenvalue weighted by molar-refractivity contribution is -0.929. The molecular formula is C32H59NO6. The molecule has 0 saturated carbocycles. The van der Waals surface area contributed by atoms with Crippen LogP contribution in [0.3, 0.4) is 0 Å². The highest BCUT2D eigenvalue weighted by atomic mass is 16.4. The average Bonchev–Trinajstić information content (AvgIpc) is 2.90. The van der Waals surface area contributed by atoms with Crippen LogP contribution in [0.25, 0.3) is 0 Å². The third-order valence-electron chi connectivity index (χ3n) is 8.25. The number of allylic oxidation sites excluding steroid dienone is 2. The quantitative estimate of drug-likeness (QED) is 0.0686. The Morgan fingerprint density at radius 2 is 1.00 bits per heavy atom. The number of quaternary nitrogens is 1. The predicted molar refractivity (Wildman–Crippen MR) is 156 cm³/mol. The molecule has 0 fully saturated rings. The fourth-order valence-electron chi connectivity index (χ4n) is 4.96. The molecule has 0 aromatic heterocycles. The smallest absolute Gasteiger partial charge is 0.306 e. The Hall–Kier alpha value is -1.89. The third kappa shape index (κ3) is 19.8. The number of nitrogens with zero attached hydrogens (tertiary/aromatic N) is 1. The molecule has 0 rings (SSSR count). The van der Waals surface area contributed by atoms with Crippen LogP contribution in [0.1, 0.15) is 130 Å². The van der Waals surface area contributed by atoms with Gasteiger partial charge in [0.15, 0.2) is 0 Å². The molecule has 0 aliphatic heterocycles. The number of unbranched alkanes of at least 4 members (excludes halogenated alkanes) is 11. The van der Waals surface area contributed by atoms with E-state index < -0.39 is 35.7 Å². The van der Waals surface area contributed by atoms with Crippen LogP contribution in [0.2, 0.25) is 0 Å². The van der Waals surface area contributed by atoms with Gasteiger partial charge in [-0.15, -0.1) is 0 Å². The number of hydrogen-bond donors (Lipinski definition) is 2. The van der Waals surface area contributed by atoms with Gasteiger partial charge < -0.3 is 24.6 Å². The van der Waals surface area contributed by atoms with E-state index in [9.17, 15) is 29.7 Å². The predicted octanol–water partition coefficient (Wildman–Crippen LogP) is 6.45. The highest BCUT2D eigenvalue weighted by molar-refractivity contribution is 5.69. The molecule has 3 atom stereocenters. The molecule has 228 valence electrons. The van der Waals surface area contributed by atoms with Crippen LogP contribution in [0.4, 0.5) is 0 Å². The van der Waals surface area contributed by atoms with Gasteiger partial charge in [0.25, 0.3) is 0 Å². The van der Waals surface area contributed by atoms with Crippen LogP contribution >= 0.6 is 0 Å². The van der Waals surface area contributed by atoms with E-state index in [0.29, 0.717) is 43.4 Å². The van der Waals surface area contributed by atoms with Gasteiger partial charge in [0, 0.05) is 31.1 Å². The summed E-state index contributed by atoms with van der Waals surface area (Å²) in [5.41, 5.74) is 0. The van der Waals surface area contributed by atoms with Gasteiger partial charge in [-0.25, -0.2) is 0 Å². The molecule has 3 unspecified atom stereocenters. The van der Waals surface area contributed by atoms with Gasteiger partial charge in [-0.3, -0.25) is 9.59 Å². The summed E-state index contributed by atoms with van der Waals surface area (Å²) < 4.78 is 0.582. The zero-order valence-corrected chi connectivity index (χ0v) is 25.5. The Morgan fingerprint density at radius 1 is 0.615 bits per heavy atom. The number of hydrogen-bond acceptors (Lipinski definition) is 4. The van der Waals surface area contributed by atoms with E-state index in [1.165, 1.54) is 64.2 Å². The van der Waals surface area contributed by atoms with Crippen molar-refractivity contribution in [2.75, 3.05) is 26.2 Å². The highest BCUT2D eigenvalue weighted by Gasteiger charge is 2.30. The van der Waals surface area contributed by atoms with Crippen molar-refractivity contribution in [1.29, 1.82) is 0 Å². The molecule has 0 aliphatic carbocycles. The third-order valence-corrected chi connectivity index (χ3v) is 8.25. The molecule has 7 heteroatoms. The van der Waals surface area contributed by atoms with Crippen molar-refractivity contribution in [2.45, 2.75) is 130 Å². The summed E-state index contributed by atoms with van der Waals surface area (Å²) in [7, 11) is 0. The second-order valence-electron chi connectivity index (χ2n) is 11.9. The molecule has 0 aliphatic rings. The van der Waals surface area contributed by atoms with Crippen LogP contribution in [0.5, 0.6) is 0 Å². The van der Waals surface area contributed by atoms with Crippen molar-refractivity contribution in [1.82, 2.24) is 0 Å². The summed E-state index contributed by atoms with van der Waals surface area (Å²) in [6.45, 7) is 9.93. The largest absolute Gasteiger partial charge is 0.550 e. The Morgan fingerprint density at radius 3 is 1.41 bits per heavy atom. The average molecular weight is 554 g/mol. The molecule has 39 heavy (non-hydrogen) atoms. The lowest BCUT2D eigenvalue weighted by Crippen LogP contribution is -2.52. The first-order chi connectivity index (χ1) is 18.5. The summed E-state index contributed by atoms with van der Waals surface area (Å²) in [5.74, 6) is -4.32. The molecule has 0 radical (unpaired) electrons. The molecule has 0 aromatic rings. The second-order valence-corrected chi connectivity index (χ2v) is 11.9. The van der Waals surface area contributed by atoms with Crippen LogP contribution in [-0.2, 0) is 14.4 Å². The van der Waals surface area contributed by atoms with Gasteiger partial charge in [0.05, 0.1) is 38.0 Å². The summed E-state index contributed by atoms with van der Waals surface area (Å²) in [6, 6.07) is 0. The molecule has 0 saturated heterocycles. The van der Waals surface area contributed by atoms with Crippen molar-refractivity contribution < 1.29 is 34.2 Å². The van der Waals surface area contributed by atoms with E-state index in [2.05, 4.69) is 19.1 Å². The van der Waals surface area contributed by atoms with Crippen LogP contribution in [0.15, 0.2) is 12.2 Å². The second kappa shape index (κ2) is 22.9. The monoisotopic (exact) mass is 553 g/mol. The van der Waals surface area contributed by atoms with E-state index in [0.717, 1.165) is 25.8 Å². The first-order valence-corrected chi connectivity index (χ1v) is 15.7. The lowest BCUT2D eigenvalue weighted by Gasteiger charge is -2.41. The fraction of sp³-hybridized carbons (Fsp3) is 0.844. The summed E-state index contributed by atoms with van der Waals surface area (Å²) in [5, 5.41) is 30.2. The van der Waals surface area contributed by atoms with Gasteiger partial charge in [-0.1, -0.05) is 84.8 Å². The topological polar surface area (TPSA) is 115 Å². The Balaban J connectivity index is 4.72. The summed E-state index contributed by atoms with van der Waals surface area (Å²) >= 11 is 0. The molecule has 7 nitrogen and oxygen atoms in total. The van der Waals surface area contributed by atoms with E-state index in [4.69, 9.17) is 0 Å². The summed E-state index contributed by atoms with van der Waals surface area (Å²) in [6.07, 6.45) is 21.9. The van der Waals surface area contributed by atoms with Gasteiger partial charge in [-0.2, -0.15) is 0 Å². The minimum atomic E-state index is -1.08. The van der Waals surface area contributed by atoms with Crippen molar-refractivity contribution in [3.63, 3.8) is 0 Å². The normalized spacial score (nSPS) is 15.6. The SMILES string of the molecule is CCCCC/C=C/CCCCCCCCCC[N+](CCC(C)C(=O)[O-])(CCC(C)C(=O)O)CCC(C)C(=O)O. The van der Waals surface area contributed by atoms with Crippen LogP contribution < -0.4 is 5.11 Å². The van der Waals surface area contributed by atoms with Crippen molar-refractivity contribution in [2.24, 2.45) is 17.8 Å².